The first kappa shape index (κ1) is 25.7. The summed E-state index contributed by atoms with van der Waals surface area (Å²) in [7, 11) is 0. The van der Waals surface area contributed by atoms with Crippen LogP contribution in [0.25, 0.3) is 33.3 Å². The van der Waals surface area contributed by atoms with Crippen molar-refractivity contribution >= 4 is 33.8 Å². The Balaban J connectivity index is 1.32. The van der Waals surface area contributed by atoms with Gasteiger partial charge in [-0.1, -0.05) is 20.3 Å². The molecule has 40 heavy (non-hydrogen) atoms. The molecule has 1 fully saturated rings. The van der Waals surface area contributed by atoms with Gasteiger partial charge in [0.05, 0.1) is 22.9 Å². The number of nitrogens with one attached hydrogen (secondary N) is 2. The highest BCUT2D eigenvalue weighted by molar-refractivity contribution is 6.00. The predicted molar refractivity (Wildman–Crippen MR) is 151 cm³/mol. The van der Waals surface area contributed by atoms with E-state index in [0.717, 1.165) is 35.3 Å². The highest BCUT2D eigenvalue weighted by Gasteiger charge is 2.33. The number of hydrogen-bond acceptors (Lipinski definition) is 5. The molecule has 9 heteroatoms. The lowest BCUT2D eigenvalue weighted by atomic mass is 9.78. The van der Waals surface area contributed by atoms with Gasteiger partial charge in [0.1, 0.15) is 23.9 Å². The first-order valence-electron chi connectivity index (χ1n) is 13.7. The number of phenols is 1. The lowest BCUT2D eigenvalue weighted by Gasteiger charge is -2.36. The summed E-state index contributed by atoms with van der Waals surface area (Å²) >= 11 is 0. The standard InChI is InChI=1S/C31H32N4O5/c1-17-4-3-5-18(2)28(17)35-27-9-6-19(12-25(27)33-29(35)20-10-11-40-16-20)30(37)34-26(31(38)39)13-21-15-32-24-8-7-22(36)14-23(21)24/h6-12,14-18,26,28,32,36H,3-5,13H2,1-2H3,(H,34,37)(H,38,39)/t17-,18-,26+/m1/s1. The minimum atomic E-state index is -1.16. The summed E-state index contributed by atoms with van der Waals surface area (Å²) < 4.78 is 7.67. The van der Waals surface area contributed by atoms with Crippen molar-refractivity contribution in [3.8, 4) is 17.1 Å². The van der Waals surface area contributed by atoms with Gasteiger partial charge in [0.25, 0.3) is 5.91 Å². The van der Waals surface area contributed by atoms with Gasteiger partial charge in [0.15, 0.2) is 0 Å². The summed E-state index contributed by atoms with van der Waals surface area (Å²) in [5.41, 5.74) is 4.29. The van der Waals surface area contributed by atoms with Gasteiger partial charge in [-0.15, -0.1) is 0 Å². The number of fused-ring (bicyclic) bond motifs is 2. The average molecular weight is 541 g/mol. The minimum absolute atomic E-state index is 0.0590. The highest BCUT2D eigenvalue weighted by atomic mass is 16.4. The van der Waals surface area contributed by atoms with Gasteiger partial charge >= 0.3 is 5.97 Å². The molecular formula is C31H32N4O5. The van der Waals surface area contributed by atoms with E-state index in [1.807, 2.05) is 12.1 Å². The number of aromatic hydroxyl groups is 1. The Morgan fingerprint density at radius 3 is 2.67 bits per heavy atom. The number of carboxylic acids is 1. The molecule has 0 spiro atoms. The quantitative estimate of drug-likeness (QED) is 0.203. The van der Waals surface area contributed by atoms with Gasteiger partial charge in [0, 0.05) is 35.1 Å². The maximum absolute atomic E-state index is 13.3. The van der Waals surface area contributed by atoms with Gasteiger partial charge in [0.2, 0.25) is 0 Å². The van der Waals surface area contributed by atoms with E-state index in [4.69, 9.17) is 9.40 Å². The van der Waals surface area contributed by atoms with Crippen molar-refractivity contribution in [3.05, 3.63) is 72.3 Å². The molecule has 3 atom stereocenters. The minimum Gasteiger partial charge on any atom is -0.508 e. The van der Waals surface area contributed by atoms with Crippen LogP contribution in [0.3, 0.4) is 0 Å². The van der Waals surface area contributed by atoms with E-state index in [1.165, 1.54) is 6.42 Å². The molecule has 1 amide bonds. The number of carboxylic acid groups (broad SMARTS) is 1. The van der Waals surface area contributed by atoms with Crippen molar-refractivity contribution in [1.29, 1.82) is 0 Å². The van der Waals surface area contributed by atoms with Crippen molar-refractivity contribution in [2.24, 2.45) is 11.8 Å². The molecule has 4 N–H and O–H groups in total. The van der Waals surface area contributed by atoms with Gasteiger partial charge in [-0.25, -0.2) is 9.78 Å². The molecule has 6 rings (SSSR count). The van der Waals surface area contributed by atoms with E-state index >= 15 is 0 Å². The molecule has 1 saturated carbocycles. The molecular weight excluding hydrogens is 508 g/mol. The SMILES string of the molecule is C[C@@H]1CCC[C@@H](C)C1n1c(-c2ccoc2)nc2cc(C(=O)N[C@@H](Cc3c[nH]c4ccc(O)cc34)C(=O)O)ccc21. The molecule has 0 aliphatic heterocycles. The van der Waals surface area contributed by atoms with Gasteiger partial charge in [-0.3, -0.25) is 4.79 Å². The molecule has 1 aliphatic rings. The summed E-state index contributed by atoms with van der Waals surface area (Å²) in [5.74, 6) is 0.197. The normalized spacial score (nSPS) is 18.8. The Labute approximate surface area is 230 Å². The zero-order valence-electron chi connectivity index (χ0n) is 22.4. The van der Waals surface area contributed by atoms with E-state index < -0.39 is 17.9 Å². The number of hydrogen-bond donors (Lipinski definition) is 4. The van der Waals surface area contributed by atoms with Crippen LogP contribution in [-0.4, -0.2) is 42.7 Å². The number of nitrogens with zero attached hydrogens (tertiary/aromatic N) is 2. The van der Waals surface area contributed by atoms with Crippen LogP contribution in [0.5, 0.6) is 5.75 Å². The third-order valence-electron chi connectivity index (χ3n) is 8.29. The second-order valence-electron chi connectivity index (χ2n) is 11.0. The van der Waals surface area contributed by atoms with Crippen LogP contribution in [0.4, 0.5) is 0 Å². The van der Waals surface area contributed by atoms with Crippen molar-refractivity contribution in [3.63, 3.8) is 0 Å². The summed E-state index contributed by atoms with van der Waals surface area (Å²) in [6.45, 7) is 4.57. The number of benzene rings is 2. The maximum atomic E-state index is 13.3. The van der Waals surface area contributed by atoms with Crippen LogP contribution in [0.1, 0.15) is 55.1 Å². The molecule has 9 nitrogen and oxygen atoms in total. The number of amides is 1. The van der Waals surface area contributed by atoms with Crippen molar-refractivity contribution in [1.82, 2.24) is 19.9 Å². The number of furan rings is 1. The number of aromatic nitrogens is 3. The molecule has 3 heterocycles. The fourth-order valence-electron chi connectivity index (χ4n) is 6.31. The largest absolute Gasteiger partial charge is 0.508 e. The third-order valence-corrected chi connectivity index (χ3v) is 8.29. The fraction of sp³-hybridized carbons (Fsp3) is 0.323. The number of rotatable bonds is 7. The summed E-state index contributed by atoms with van der Waals surface area (Å²) in [4.78, 5) is 33.5. The molecule has 0 saturated heterocycles. The van der Waals surface area contributed by atoms with Gasteiger partial charge in [-0.2, -0.15) is 0 Å². The Bertz CT molecular complexity index is 1690. The number of imidazole rings is 1. The van der Waals surface area contributed by atoms with Crippen LogP contribution in [0.15, 0.2) is 65.6 Å². The Morgan fingerprint density at radius 1 is 1.15 bits per heavy atom. The maximum Gasteiger partial charge on any atom is 0.326 e. The van der Waals surface area contributed by atoms with Crippen LogP contribution >= 0.6 is 0 Å². The van der Waals surface area contributed by atoms with Crippen molar-refractivity contribution < 1.29 is 24.2 Å². The van der Waals surface area contributed by atoms with Gasteiger partial charge in [-0.05, 0) is 72.7 Å². The first-order chi connectivity index (χ1) is 19.3. The molecule has 1 aliphatic carbocycles. The number of carbonyl (C=O) groups excluding carboxylic acids is 1. The molecule has 0 unspecified atom stereocenters. The van der Waals surface area contributed by atoms with E-state index in [9.17, 15) is 19.8 Å². The molecule has 206 valence electrons. The van der Waals surface area contributed by atoms with Crippen LogP contribution in [-0.2, 0) is 11.2 Å². The highest BCUT2D eigenvalue weighted by Crippen LogP contribution is 2.42. The summed E-state index contributed by atoms with van der Waals surface area (Å²) in [5, 5.41) is 23.2. The lowest BCUT2D eigenvalue weighted by Crippen LogP contribution is -2.42. The van der Waals surface area contributed by atoms with E-state index in [1.54, 1.807) is 49.1 Å². The van der Waals surface area contributed by atoms with E-state index in [0.29, 0.717) is 33.9 Å². The second-order valence-corrected chi connectivity index (χ2v) is 11.0. The monoisotopic (exact) mass is 540 g/mol. The zero-order chi connectivity index (χ0) is 28.0. The number of aliphatic carboxylic acids is 1. The summed E-state index contributed by atoms with van der Waals surface area (Å²) in [6, 6.07) is 11.2. The van der Waals surface area contributed by atoms with E-state index in [2.05, 4.69) is 28.7 Å². The molecule has 0 bridgehead atoms. The Morgan fingerprint density at radius 2 is 1.95 bits per heavy atom. The summed E-state index contributed by atoms with van der Waals surface area (Å²) in [6.07, 6.45) is 8.58. The van der Waals surface area contributed by atoms with Crippen molar-refractivity contribution in [2.75, 3.05) is 0 Å². The number of H-pyrrole nitrogens is 1. The van der Waals surface area contributed by atoms with Gasteiger partial charge < -0.3 is 29.5 Å². The Hall–Kier alpha value is -4.53. The molecule has 0 radical (unpaired) electrons. The average Bonchev–Trinajstić information content (AvgIpc) is 3.67. The predicted octanol–water partition coefficient (Wildman–Crippen LogP) is 5.91. The molecule has 5 aromatic rings. The number of phenolic OH excluding ortho intramolecular Hbond substituents is 1. The topological polar surface area (TPSA) is 133 Å². The molecule has 2 aromatic carbocycles. The zero-order valence-corrected chi connectivity index (χ0v) is 22.4. The van der Waals surface area contributed by atoms with E-state index in [-0.39, 0.29) is 18.2 Å². The first-order valence-corrected chi connectivity index (χ1v) is 13.7. The van der Waals surface area contributed by atoms with Crippen LogP contribution in [0.2, 0.25) is 0 Å². The fourth-order valence-corrected chi connectivity index (χ4v) is 6.31. The Kier molecular flexibility index (Phi) is 6.57. The number of aromatic amines is 1. The smallest absolute Gasteiger partial charge is 0.326 e. The van der Waals surface area contributed by atoms with Crippen LogP contribution in [0, 0.1) is 11.8 Å². The second kappa shape index (κ2) is 10.2. The third kappa shape index (κ3) is 4.61. The molecule has 3 aromatic heterocycles. The lowest BCUT2D eigenvalue weighted by molar-refractivity contribution is -0.139. The van der Waals surface area contributed by atoms with Crippen LogP contribution < -0.4 is 5.32 Å². The number of carbonyl (C=O) groups is 2. The van der Waals surface area contributed by atoms with Crippen molar-refractivity contribution in [2.45, 2.75) is 51.6 Å².